The van der Waals surface area contributed by atoms with Crippen LogP contribution in [0.4, 0.5) is 18.0 Å². The van der Waals surface area contributed by atoms with Gasteiger partial charge in [0.1, 0.15) is 5.82 Å². The first-order chi connectivity index (χ1) is 11.0. The standard InChI is InChI=1S/C16H10F3N3O/c17-10-3-4-11-14(21-22(16(20)23)15(11)8-10)6-2-9-1-5-12(18)13(19)7-9/h1-8H,(H2,20,23). The van der Waals surface area contributed by atoms with Crippen LogP contribution in [0, 0.1) is 17.5 Å². The molecule has 1 amide bonds. The number of fused-ring (bicyclic) bond motifs is 1. The van der Waals surface area contributed by atoms with E-state index in [4.69, 9.17) is 5.73 Å². The van der Waals surface area contributed by atoms with Crippen LogP contribution in [-0.4, -0.2) is 15.8 Å². The minimum absolute atomic E-state index is 0.224. The lowest BCUT2D eigenvalue weighted by Gasteiger charge is -1.95. The first kappa shape index (κ1) is 14.8. The lowest BCUT2D eigenvalue weighted by atomic mass is 10.1. The number of carbonyl (C=O) groups is 1. The van der Waals surface area contributed by atoms with Crippen molar-refractivity contribution in [3.05, 3.63) is 65.1 Å². The van der Waals surface area contributed by atoms with E-state index in [1.807, 2.05) is 0 Å². The molecule has 7 heteroatoms. The van der Waals surface area contributed by atoms with Gasteiger partial charge in [0.2, 0.25) is 0 Å². The van der Waals surface area contributed by atoms with Gasteiger partial charge in [-0.15, -0.1) is 0 Å². The quantitative estimate of drug-likeness (QED) is 0.785. The predicted octanol–water partition coefficient (Wildman–Crippen LogP) is 3.55. The van der Waals surface area contributed by atoms with Crippen LogP contribution in [0.1, 0.15) is 11.3 Å². The van der Waals surface area contributed by atoms with Crippen LogP contribution < -0.4 is 5.73 Å². The van der Waals surface area contributed by atoms with Crippen molar-refractivity contribution in [2.24, 2.45) is 5.73 Å². The van der Waals surface area contributed by atoms with E-state index >= 15 is 0 Å². The van der Waals surface area contributed by atoms with Crippen molar-refractivity contribution < 1.29 is 18.0 Å². The van der Waals surface area contributed by atoms with E-state index in [0.29, 0.717) is 16.6 Å². The van der Waals surface area contributed by atoms with Gasteiger partial charge >= 0.3 is 6.03 Å². The second-order valence-electron chi connectivity index (χ2n) is 4.80. The first-order valence-electron chi connectivity index (χ1n) is 6.57. The molecule has 1 aromatic heterocycles. The van der Waals surface area contributed by atoms with Gasteiger partial charge in [-0.3, -0.25) is 0 Å². The van der Waals surface area contributed by atoms with Crippen molar-refractivity contribution >= 4 is 29.1 Å². The van der Waals surface area contributed by atoms with E-state index in [1.54, 1.807) is 0 Å². The zero-order chi connectivity index (χ0) is 16.6. The Kier molecular flexibility index (Phi) is 3.61. The van der Waals surface area contributed by atoms with Gasteiger partial charge in [-0.1, -0.05) is 12.1 Å². The van der Waals surface area contributed by atoms with E-state index in [2.05, 4.69) is 5.10 Å². The van der Waals surface area contributed by atoms with Crippen molar-refractivity contribution in [2.75, 3.05) is 0 Å². The Hall–Kier alpha value is -3.09. The minimum atomic E-state index is -0.971. The number of carbonyl (C=O) groups excluding carboxylic acids is 1. The highest BCUT2D eigenvalue weighted by molar-refractivity contribution is 5.95. The Bertz CT molecular complexity index is 947. The molecule has 0 unspecified atom stereocenters. The number of nitrogens with zero attached hydrogens (tertiary/aromatic N) is 2. The molecule has 23 heavy (non-hydrogen) atoms. The number of aromatic nitrogens is 2. The number of hydrogen-bond acceptors (Lipinski definition) is 2. The molecule has 0 spiro atoms. The Morgan fingerprint density at radius 2 is 1.83 bits per heavy atom. The smallest absolute Gasteiger partial charge is 0.340 e. The predicted molar refractivity (Wildman–Crippen MR) is 80.0 cm³/mol. The van der Waals surface area contributed by atoms with Gasteiger partial charge < -0.3 is 5.73 Å². The van der Waals surface area contributed by atoms with E-state index in [0.717, 1.165) is 22.9 Å². The summed E-state index contributed by atoms with van der Waals surface area (Å²) in [5.41, 5.74) is 6.20. The van der Waals surface area contributed by atoms with E-state index in [9.17, 15) is 18.0 Å². The first-order valence-corrected chi connectivity index (χ1v) is 6.57. The molecule has 0 bridgehead atoms. The zero-order valence-electron chi connectivity index (χ0n) is 11.6. The molecule has 0 saturated carbocycles. The number of benzene rings is 2. The van der Waals surface area contributed by atoms with E-state index < -0.39 is 23.5 Å². The number of rotatable bonds is 2. The largest absolute Gasteiger partial charge is 0.350 e. The van der Waals surface area contributed by atoms with Crippen molar-refractivity contribution in [1.29, 1.82) is 0 Å². The van der Waals surface area contributed by atoms with Crippen LogP contribution in [-0.2, 0) is 0 Å². The second-order valence-corrected chi connectivity index (χ2v) is 4.80. The summed E-state index contributed by atoms with van der Waals surface area (Å²) in [5.74, 6) is -2.45. The average Bonchev–Trinajstić information content (AvgIpc) is 2.86. The number of primary amides is 1. The zero-order valence-corrected chi connectivity index (χ0v) is 11.6. The highest BCUT2D eigenvalue weighted by Crippen LogP contribution is 2.22. The topological polar surface area (TPSA) is 60.9 Å². The van der Waals surface area contributed by atoms with Gasteiger partial charge in [-0.2, -0.15) is 9.78 Å². The Balaban J connectivity index is 2.07. The van der Waals surface area contributed by atoms with Gasteiger partial charge in [0.15, 0.2) is 11.6 Å². The van der Waals surface area contributed by atoms with Crippen LogP contribution in [0.15, 0.2) is 36.4 Å². The highest BCUT2D eigenvalue weighted by Gasteiger charge is 2.12. The molecule has 0 aliphatic rings. The fourth-order valence-corrected chi connectivity index (χ4v) is 2.19. The molecule has 2 aromatic carbocycles. The van der Waals surface area contributed by atoms with Crippen LogP contribution >= 0.6 is 0 Å². The SMILES string of the molecule is NC(=O)n1nc(C=Cc2ccc(F)c(F)c2)c2ccc(F)cc21. The number of hydrogen-bond donors (Lipinski definition) is 1. The second kappa shape index (κ2) is 5.60. The van der Waals surface area contributed by atoms with Gasteiger partial charge in [-0.05, 0) is 35.9 Å². The summed E-state index contributed by atoms with van der Waals surface area (Å²) < 4.78 is 40.3. The summed E-state index contributed by atoms with van der Waals surface area (Å²) >= 11 is 0. The number of nitrogens with two attached hydrogens (primary N) is 1. The third-order valence-corrected chi connectivity index (χ3v) is 3.26. The molecule has 0 radical (unpaired) electrons. The fourth-order valence-electron chi connectivity index (χ4n) is 2.19. The molecule has 4 nitrogen and oxygen atoms in total. The van der Waals surface area contributed by atoms with Crippen LogP contribution in [0.5, 0.6) is 0 Å². The van der Waals surface area contributed by atoms with Gasteiger partial charge in [-0.25, -0.2) is 18.0 Å². The molecule has 0 aliphatic carbocycles. The lowest BCUT2D eigenvalue weighted by molar-refractivity contribution is 0.248. The Morgan fingerprint density at radius 1 is 1.04 bits per heavy atom. The molecular weight excluding hydrogens is 307 g/mol. The molecule has 0 aliphatic heterocycles. The van der Waals surface area contributed by atoms with Crippen LogP contribution in [0.25, 0.3) is 23.1 Å². The summed E-state index contributed by atoms with van der Waals surface area (Å²) in [6.45, 7) is 0. The van der Waals surface area contributed by atoms with Gasteiger partial charge in [0.05, 0.1) is 11.2 Å². The summed E-state index contributed by atoms with van der Waals surface area (Å²) in [4.78, 5) is 11.4. The number of amides is 1. The normalized spacial score (nSPS) is 11.4. The van der Waals surface area contributed by atoms with Crippen molar-refractivity contribution in [3.63, 3.8) is 0 Å². The van der Waals surface area contributed by atoms with Crippen molar-refractivity contribution in [2.45, 2.75) is 0 Å². The third-order valence-electron chi connectivity index (χ3n) is 3.26. The third kappa shape index (κ3) is 2.80. The fraction of sp³-hybridized carbons (Fsp3) is 0. The van der Waals surface area contributed by atoms with Gasteiger partial charge in [0.25, 0.3) is 0 Å². The molecule has 0 atom stereocenters. The molecule has 116 valence electrons. The Morgan fingerprint density at radius 3 is 2.52 bits per heavy atom. The molecule has 0 saturated heterocycles. The van der Waals surface area contributed by atoms with Crippen molar-refractivity contribution in [1.82, 2.24) is 9.78 Å². The molecular formula is C16H10F3N3O. The van der Waals surface area contributed by atoms with Gasteiger partial charge in [0, 0.05) is 11.5 Å². The maximum Gasteiger partial charge on any atom is 0.340 e. The van der Waals surface area contributed by atoms with E-state index in [1.165, 1.54) is 30.4 Å². The highest BCUT2D eigenvalue weighted by atomic mass is 19.2. The van der Waals surface area contributed by atoms with Crippen molar-refractivity contribution in [3.8, 4) is 0 Å². The number of halogens is 3. The average molecular weight is 317 g/mol. The lowest BCUT2D eigenvalue weighted by Crippen LogP contribution is -2.20. The molecule has 0 fully saturated rings. The van der Waals surface area contributed by atoms with E-state index in [-0.39, 0.29) is 5.52 Å². The maximum absolute atomic E-state index is 13.3. The molecule has 3 rings (SSSR count). The van der Waals surface area contributed by atoms with Crippen LogP contribution in [0.2, 0.25) is 0 Å². The maximum atomic E-state index is 13.3. The molecule has 1 heterocycles. The molecule has 3 aromatic rings. The monoisotopic (exact) mass is 317 g/mol. The summed E-state index contributed by atoms with van der Waals surface area (Å²) in [5, 5.41) is 4.51. The molecule has 2 N–H and O–H groups in total. The summed E-state index contributed by atoms with van der Waals surface area (Å²) in [6, 6.07) is 6.40. The summed E-state index contributed by atoms with van der Waals surface area (Å²) in [7, 11) is 0. The minimum Gasteiger partial charge on any atom is -0.350 e. The summed E-state index contributed by atoms with van der Waals surface area (Å²) in [6.07, 6.45) is 3.01. The Labute approximate surface area is 128 Å². The van der Waals surface area contributed by atoms with Crippen LogP contribution in [0.3, 0.4) is 0 Å².